The third kappa shape index (κ3) is 3.34. The highest BCUT2D eigenvalue weighted by atomic mass is 35.5. The highest BCUT2D eigenvalue weighted by Gasteiger charge is 2.24. The Bertz CT molecular complexity index is 308. The summed E-state index contributed by atoms with van der Waals surface area (Å²) in [7, 11) is 0. The van der Waals surface area contributed by atoms with Crippen molar-refractivity contribution in [3.05, 3.63) is 30.1 Å². The molecule has 6 heteroatoms. The van der Waals surface area contributed by atoms with E-state index in [-0.39, 0.29) is 36.8 Å². The summed E-state index contributed by atoms with van der Waals surface area (Å²) in [4.78, 5) is 15.2. The SMILES string of the molecule is Cl.Cl.O=C1OCCNC1c1cccnc1. The number of ether oxygens (including phenoxy) is 1. The molecule has 0 amide bonds. The first-order chi connectivity index (χ1) is 6.38. The van der Waals surface area contributed by atoms with Crippen molar-refractivity contribution in [1.29, 1.82) is 0 Å². The number of hydrogen-bond acceptors (Lipinski definition) is 4. The quantitative estimate of drug-likeness (QED) is 0.760. The second kappa shape index (κ2) is 6.61. The lowest BCUT2D eigenvalue weighted by Crippen LogP contribution is -2.38. The second-order valence-electron chi connectivity index (χ2n) is 2.84. The van der Waals surface area contributed by atoms with Gasteiger partial charge < -0.3 is 4.74 Å². The van der Waals surface area contributed by atoms with Crippen LogP contribution in [0.1, 0.15) is 11.6 Å². The zero-order valence-corrected chi connectivity index (χ0v) is 9.51. The van der Waals surface area contributed by atoms with Crippen LogP contribution in [0.25, 0.3) is 0 Å². The number of carbonyl (C=O) groups excluding carboxylic acids is 1. The van der Waals surface area contributed by atoms with E-state index in [2.05, 4.69) is 10.3 Å². The van der Waals surface area contributed by atoms with E-state index >= 15 is 0 Å². The van der Waals surface area contributed by atoms with Crippen LogP contribution in [0, 0.1) is 0 Å². The van der Waals surface area contributed by atoms with Gasteiger partial charge in [0.2, 0.25) is 0 Å². The number of halogens is 2. The van der Waals surface area contributed by atoms with Crippen LogP contribution in [0.2, 0.25) is 0 Å². The van der Waals surface area contributed by atoms with Crippen molar-refractivity contribution in [3.63, 3.8) is 0 Å². The summed E-state index contributed by atoms with van der Waals surface area (Å²) in [6.07, 6.45) is 3.35. The van der Waals surface area contributed by atoms with Crippen LogP contribution < -0.4 is 5.32 Å². The first-order valence-corrected chi connectivity index (χ1v) is 4.18. The molecule has 1 aliphatic heterocycles. The first kappa shape index (κ1) is 14.2. The lowest BCUT2D eigenvalue weighted by Gasteiger charge is -2.22. The van der Waals surface area contributed by atoms with E-state index in [9.17, 15) is 4.79 Å². The standard InChI is InChI=1S/C9H10N2O2.2ClH/c12-9-8(11-4-5-13-9)7-2-1-3-10-6-7;;/h1-3,6,8,11H,4-5H2;2*1H. The van der Waals surface area contributed by atoms with Crippen molar-refractivity contribution in [2.45, 2.75) is 6.04 Å². The minimum atomic E-state index is -0.345. The molecule has 1 aromatic heterocycles. The van der Waals surface area contributed by atoms with Crippen molar-refractivity contribution >= 4 is 30.8 Å². The van der Waals surface area contributed by atoms with E-state index in [1.807, 2.05) is 6.07 Å². The van der Waals surface area contributed by atoms with Crippen LogP contribution in [-0.2, 0) is 9.53 Å². The molecule has 15 heavy (non-hydrogen) atoms. The number of carbonyl (C=O) groups is 1. The number of nitrogens with one attached hydrogen (secondary N) is 1. The molecule has 84 valence electrons. The number of morpholine rings is 1. The molecule has 1 N–H and O–H groups in total. The smallest absolute Gasteiger partial charge is 0.327 e. The van der Waals surface area contributed by atoms with Crippen LogP contribution >= 0.6 is 24.8 Å². The third-order valence-corrected chi connectivity index (χ3v) is 1.95. The maximum absolute atomic E-state index is 11.3. The van der Waals surface area contributed by atoms with Crippen molar-refractivity contribution in [2.24, 2.45) is 0 Å². The molecule has 0 aromatic carbocycles. The van der Waals surface area contributed by atoms with Gasteiger partial charge in [0.05, 0.1) is 0 Å². The van der Waals surface area contributed by atoms with Gasteiger partial charge in [0.15, 0.2) is 0 Å². The molecule has 1 aromatic rings. The number of rotatable bonds is 1. The van der Waals surface area contributed by atoms with E-state index < -0.39 is 0 Å². The third-order valence-electron chi connectivity index (χ3n) is 1.95. The molecule has 2 heterocycles. The largest absolute Gasteiger partial charge is 0.463 e. The van der Waals surface area contributed by atoms with Crippen molar-refractivity contribution < 1.29 is 9.53 Å². The molecule has 2 rings (SSSR count). The Morgan fingerprint density at radius 3 is 2.87 bits per heavy atom. The van der Waals surface area contributed by atoms with Gasteiger partial charge in [-0.3, -0.25) is 10.3 Å². The summed E-state index contributed by atoms with van der Waals surface area (Å²) in [5.41, 5.74) is 0.854. The predicted octanol–water partition coefficient (Wildman–Crippen LogP) is 1.11. The number of pyridine rings is 1. The van der Waals surface area contributed by atoms with Gasteiger partial charge in [0.25, 0.3) is 0 Å². The summed E-state index contributed by atoms with van der Waals surface area (Å²) >= 11 is 0. The van der Waals surface area contributed by atoms with Gasteiger partial charge in [-0.2, -0.15) is 0 Å². The molecule has 0 saturated carbocycles. The van der Waals surface area contributed by atoms with Crippen LogP contribution in [0.15, 0.2) is 24.5 Å². The molecule has 1 unspecified atom stereocenters. The van der Waals surface area contributed by atoms with Gasteiger partial charge in [0, 0.05) is 18.9 Å². The normalized spacial score (nSPS) is 19.5. The van der Waals surface area contributed by atoms with Gasteiger partial charge in [-0.15, -0.1) is 24.8 Å². The number of nitrogens with zero attached hydrogens (tertiary/aromatic N) is 1. The monoisotopic (exact) mass is 250 g/mol. The summed E-state index contributed by atoms with van der Waals surface area (Å²) in [6, 6.07) is 3.32. The van der Waals surface area contributed by atoms with Gasteiger partial charge in [0.1, 0.15) is 12.6 Å². The topological polar surface area (TPSA) is 51.2 Å². The van der Waals surface area contributed by atoms with Crippen LogP contribution in [-0.4, -0.2) is 24.1 Å². The van der Waals surface area contributed by atoms with E-state index in [1.54, 1.807) is 18.5 Å². The molecule has 0 radical (unpaired) electrons. The summed E-state index contributed by atoms with van der Waals surface area (Å²) in [5.74, 6) is -0.223. The van der Waals surface area contributed by atoms with Crippen LogP contribution in [0.3, 0.4) is 0 Å². The lowest BCUT2D eigenvalue weighted by molar-refractivity contribution is -0.149. The first-order valence-electron chi connectivity index (χ1n) is 4.18. The fourth-order valence-corrected chi connectivity index (χ4v) is 1.32. The van der Waals surface area contributed by atoms with Gasteiger partial charge in [-0.1, -0.05) is 6.07 Å². The highest BCUT2D eigenvalue weighted by molar-refractivity contribution is 5.85. The zero-order valence-electron chi connectivity index (χ0n) is 7.88. The van der Waals surface area contributed by atoms with Gasteiger partial charge in [-0.05, 0) is 11.6 Å². The molecule has 4 nitrogen and oxygen atoms in total. The molecular weight excluding hydrogens is 239 g/mol. The molecule has 1 fully saturated rings. The van der Waals surface area contributed by atoms with E-state index in [4.69, 9.17) is 4.74 Å². The number of esters is 1. The molecule has 0 spiro atoms. The maximum atomic E-state index is 11.3. The van der Waals surface area contributed by atoms with E-state index in [0.717, 1.165) is 5.56 Å². The van der Waals surface area contributed by atoms with Gasteiger partial charge in [-0.25, -0.2) is 4.79 Å². The Morgan fingerprint density at radius 1 is 1.47 bits per heavy atom. The molecule has 0 aliphatic carbocycles. The minimum absolute atomic E-state index is 0. The maximum Gasteiger partial charge on any atom is 0.327 e. The molecular formula is C9H12Cl2N2O2. The van der Waals surface area contributed by atoms with E-state index in [1.165, 1.54) is 0 Å². The summed E-state index contributed by atoms with van der Waals surface area (Å²) in [6.45, 7) is 1.15. The average molecular weight is 251 g/mol. The van der Waals surface area contributed by atoms with Crippen LogP contribution in [0.5, 0.6) is 0 Å². The predicted molar refractivity (Wildman–Crippen MR) is 60.4 cm³/mol. The molecule has 1 aliphatic rings. The Hall–Kier alpha value is -0.840. The molecule has 0 bridgehead atoms. The molecule has 1 saturated heterocycles. The number of aromatic nitrogens is 1. The summed E-state index contributed by atoms with van der Waals surface area (Å²) in [5, 5.41) is 3.07. The Labute approximate surface area is 100 Å². The fraction of sp³-hybridized carbons (Fsp3) is 0.333. The van der Waals surface area contributed by atoms with E-state index in [0.29, 0.717) is 13.2 Å². The fourth-order valence-electron chi connectivity index (χ4n) is 1.32. The van der Waals surface area contributed by atoms with Crippen molar-refractivity contribution in [1.82, 2.24) is 10.3 Å². The highest BCUT2D eigenvalue weighted by Crippen LogP contribution is 2.14. The molecule has 1 atom stereocenters. The second-order valence-corrected chi connectivity index (χ2v) is 2.84. The Kier molecular flexibility index (Phi) is 6.24. The minimum Gasteiger partial charge on any atom is -0.463 e. The number of hydrogen-bond donors (Lipinski definition) is 1. The zero-order chi connectivity index (χ0) is 9.10. The van der Waals surface area contributed by atoms with Gasteiger partial charge >= 0.3 is 5.97 Å². The summed E-state index contributed by atoms with van der Waals surface area (Å²) < 4.78 is 4.92. The van der Waals surface area contributed by atoms with Crippen LogP contribution in [0.4, 0.5) is 0 Å². The number of cyclic esters (lactones) is 1. The lowest BCUT2D eigenvalue weighted by atomic mass is 10.1. The van der Waals surface area contributed by atoms with Crippen molar-refractivity contribution in [3.8, 4) is 0 Å². The average Bonchev–Trinajstić information content (AvgIpc) is 2.20. The Balaban J connectivity index is 0.000000980. The Morgan fingerprint density at radius 2 is 2.27 bits per heavy atom. The van der Waals surface area contributed by atoms with Crippen molar-refractivity contribution in [2.75, 3.05) is 13.2 Å².